The lowest BCUT2D eigenvalue weighted by molar-refractivity contribution is -0.118. The molecule has 0 radical (unpaired) electrons. The zero-order valence-corrected chi connectivity index (χ0v) is 7.27. The lowest BCUT2D eigenvalue weighted by atomic mass is 10.3. The van der Waals surface area contributed by atoms with Gasteiger partial charge in [-0.2, -0.15) is 0 Å². The molecule has 0 spiro atoms. The molecule has 1 aromatic heterocycles. The molecule has 0 saturated carbocycles. The highest BCUT2D eigenvalue weighted by molar-refractivity contribution is 5.73. The Kier molecular flexibility index (Phi) is 3.75. The van der Waals surface area contributed by atoms with Gasteiger partial charge in [-0.05, 0) is 18.6 Å². The van der Waals surface area contributed by atoms with Gasteiger partial charge in [0.05, 0.1) is 12.8 Å². The molecule has 4 nitrogen and oxygen atoms in total. The molecule has 4 heteroatoms. The van der Waals surface area contributed by atoms with Gasteiger partial charge in [0.1, 0.15) is 5.75 Å². The fourth-order valence-corrected chi connectivity index (χ4v) is 0.869. The van der Waals surface area contributed by atoms with Crippen molar-refractivity contribution in [3.63, 3.8) is 0 Å². The van der Waals surface area contributed by atoms with Crippen molar-refractivity contribution in [2.45, 2.75) is 12.8 Å². The quantitative estimate of drug-likeness (QED) is 0.679. The molecule has 1 amide bonds. The highest BCUT2D eigenvalue weighted by atomic mass is 16.5. The largest absolute Gasteiger partial charge is 0.492 e. The molecular weight excluding hydrogens is 168 g/mol. The maximum atomic E-state index is 10.4. The number of nitrogens with zero attached hydrogens (tertiary/aromatic N) is 1. The Labute approximate surface area is 76.7 Å². The Balaban J connectivity index is 2.17. The van der Waals surface area contributed by atoms with Crippen LogP contribution in [0, 0.1) is 0 Å². The van der Waals surface area contributed by atoms with Crippen molar-refractivity contribution in [1.29, 1.82) is 0 Å². The summed E-state index contributed by atoms with van der Waals surface area (Å²) < 4.78 is 5.29. The molecule has 0 aliphatic rings. The van der Waals surface area contributed by atoms with Crippen LogP contribution in [0.1, 0.15) is 12.8 Å². The van der Waals surface area contributed by atoms with E-state index in [4.69, 9.17) is 10.5 Å². The first kappa shape index (κ1) is 9.51. The van der Waals surface area contributed by atoms with Crippen molar-refractivity contribution in [3.05, 3.63) is 24.5 Å². The topological polar surface area (TPSA) is 65.2 Å². The van der Waals surface area contributed by atoms with E-state index >= 15 is 0 Å². The predicted octanol–water partition coefficient (Wildman–Crippen LogP) is 0.726. The van der Waals surface area contributed by atoms with Crippen LogP contribution in [-0.2, 0) is 4.79 Å². The van der Waals surface area contributed by atoms with Crippen LogP contribution in [-0.4, -0.2) is 17.5 Å². The van der Waals surface area contributed by atoms with Gasteiger partial charge >= 0.3 is 0 Å². The zero-order chi connectivity index (χ0) is 9.52. The van der Waals surface area contributed by atoms with Crippen molar-refractivity contribution in [2.24, 2.45) is 5.73 Å². The first-order chi connectivity index (χ1) is 6.29. The number of pyridine rings is 1. The Morgan fingerprint density at radius 1 is 1.62 bits per heavy atom. The third-order valence-corrected chi connectivity index (χ3v) is 1.47. The number of hydrogen-bond acceptors (Lipinski definition) is 3. The van der Waals surface area contributed by atoms with Gasteiger partial charge in [-0.1, -0.05) is 0 Å². The molecule has 1 rings (SSSR count). The summed E-state index contributed by atoms with van der Waals surface area (Å²) in [5, 5.41) is 0. The van der Waals surface area contributed by atoms with Crippen molar-refractivity contribution in [1.82, 2.24) is 4.98 Å². The summed E-state index contributed by atoms with van der Waals surface area (Å²) >= 11 is 0. The molecule has 0 aliphatic heterocycles. The maximum absolute atomic E-state index is 10.4. The number of hydrogen-bond donors (Lipinski definition) is 1. The molecular formula is C9H12N2O2. The van der Waals surface area contributed by atoms with E-state index in [9.17, 15) is 4.79 Å². The molecule has 1 heterocycles. The average Bonchev–Trinajstić information content (AvgIpc) is 2.14. The van der Waals surface area contributed by atoms with Crippen LogP contribution in [0.2, 0.25) is 0 Å². The number of rotatable bonds is 5. The minimum absolute atomic E-state index is 0.296. The van der Waals surface area contributed by atoms with Gasteiger partial charge in [0.25, 0.3) is 0 Å². The van der Waals surface area contributed by atoms with E-state index in [1.165, 1.54) is 0 Å². The third kappa shape index (κ3) is 4.10. The van der Waals surface area contributed by atoms with Gasteiger partial charge in [0.2, 0.25) is 5.91 Å². The van der Waals surface area contributed by atoms with Gasteiger partial charge in [-0.25, -0.2) is 0 Å². The number of carbonyl (C=O) groups is 1. The molecule has 0 aliphatic carbocycles. The molecule has 0 saturated heterocycles. The third-order valence-electron chi connectivity index (χ3n) is 1.47. The van der Waals surface area contributed by atoms with Crippen molar-refractivity contribution >= 4 is 5.91 Å². The van der Waals surface area contributed by atoms with Gasteiger partial charge in [0.15, 0.2) is 0 Å². The molecule has 70 valence electrons. The van der Waals surface area contributed by atoms with Crippen LogP contribution in [0.15, 0.2) is 24.5 Å². The predicted molar refractivity (Wildman–Crippen MR) is 48.2 cm³/mol. The van der Waals surface area contributed by atoms with Gasteiger partial charge < -0.3 is 10.5 Å². The van der Waals surface area contributed by atoms with Gasteiger partial charge in [0, 0.05) is 12.6 Å². The summed E-state index contributed by atoms with van der Waals surface area (Å²) in [6.07, 6.45) is 4.31. The molecule has 2 N–H and O–H groups in total. The van der Waals surface area contributed by atoms with E-state index in [0.29, 0.717) is 25.2 Å². The molecule has 13 heavy (non-hydrogen) atoms. The molecule has 0 aromatic carbocycles. The lowest BCUT2D eigenvalue weighted by Gasteiger charge is -2.03. The fraction of sp³-hybridized carbons (Fsp3) is 0.333. The normalized spacial score (nSPS) is 9.54. The number of nitrogens with two attached hydrogens (primary N) is 1. The summed E-state index contributed by atoms with van der Waals surface area (Å²) in [4.78, 5) is 14.2. The second kappa shape index (κ2) is 5.13. The maximum Gasteiger partial charge on any atom is 0.217 e. The summed E-state index contributed by atoms with van der Waals surface area (Å²) in [6.45, 7) is 0.495. The fourth-order valence-electron chi connectivity index (χ4n) is 0.869. The first-order valence-electron chi connectivity index (χ1n) is 4.10. The van der Waals surface area contributed by atoms with Crippen molar-refractivity contribution in [3.8, 4) is 5.75 Å². The standard InChI is InChI=1S/C9H12N2O2/c10-9(12)4-2-6-13-8-3-1-5-11-7-8/h1,3,5,7H,2,4,6H2,(H2,10,12). The number of ether oxygens (including phenoxy) is 1. The first-order valence-corrected chi connectivity index (χ1v) is 4.10. The number of aromatic nitrogens is 1. The van der Waals surface area contributed by atoms with Crippen LogP contribution in [0.5, 0.6) is 5.75 Å². The Morgan fingerprint density at radius 2 is 2.46 bits per heavy atom. The van der Waals surface area contributed by atoms with Gasteiger partial charge in [-0.3, -0.25) is 9.78 Å². The van der Waals surface area contributed by atoms with Crippen LogP contribution in [0.3, 0.4) is 0 Å². The van der Waals surface area contributed by atoms with Crippen LogP contribution in [0.4, 0.5) is 0 Å². The van der Waals surface area contributed by atoms with Crippen molar-refractivity contribution in [2.75, 3.05) is 6.61 Å². The molecule has 0 bridgehead atoms. The van der Waals surface area contributed by atoms with Crippen LogP contribution < -0.4 is 10.5 Å². The summed E-state index contributed by atoms with van der Waals surface area (Å²) in [5.41, 5.74) is 4.97. The minimum Gasteiger partial charge on any atom is -0.492 e. The molecule has 0 fully saturated rings. The average molecular weight is 180 g/mol. The van der Waals surface area contributed by atoms with Gasteiger partial charge in [-0.15, -0.1) is 0 Å². The Morgan fingerprint density at radius 3 is 3.08 bits per heavy atom. The smallest absolute Gasteiger partial charge is 0.217 e. The van der Waals surface area contributed by atoms with Crippen LogP contribution in [0.25, 0.3) is 0 Å². The Hall–Kier alpha value is -1.58. The zero-order valence-electron chi connectivity index (χ0n) is 7.27. The SMILES string of the molecule is NC(=O)CCCOc1cccnc1. The highest BCUT2D eigenvalue weighted by Gasteiger charge is 1.95. The summed E-state index contributed by atoms with van der Waals surface area (Å²) in [5.74, 6) is 0.418. The highest BCUT2D eigenvalue weighted by Crippen LogP contribution is 2.06. The second-order valence-corrected chi connectivity index (χ2v) is 2.61. The number of amides is 1. The lowest BCUT2D eigenvalue weighted by Crippen LogP contribution is -2.11. The number of carbonyl (C=O) groups excluding carboxylic acids is 1. The number of primary amides is 1. The minimum atomic E-state index is -0.296. The van der Waals surface area contributed by atoms with E-state index in [2.05, 4.69) is 4.98 Å². The van der Waals surface area contributed by atoms with Crippen LogP contribution >= 0.6 is 0 Å². The van der Waals surface area contributed by atoms with E-state index < -0.39 is 0 Å². The summed E-state index contributed by atoms with van der Waals surface area (Å²) in [7, 11) is 0. The van der Waals surface area contributed by atoms with E-state index in [1.807, 2.05) is 6.07 Å². The van der Waals surface area contributed by atoms with E-state index in [0.717, 1.165) is 0 Å². The van der Waals surface area contributed by atoms with E-state index in [-0.39, 0.29) is 5.91 Å². The molecule has 1 aromatic rings. The van der Waals surface area contributed by atoms with E-state index in [1.54, 1.807) is 18.5 Å². The second-order valence-electron chi connectivity index (χ2n) is 2.61. The molecule has 0 unspecified atom stereocenters. The Bertz CT molecular complexity index is 262. The van der Waals surface area contributed by atoms with Crippen molar-refractivity contribution < 1.29 is 9.53 Å². The molecule has 0 atom stereocenters. The monoisotopic (exact) mass is 180 g/mol. The summed E-state index contributed by atoms with van der Waals surface area (Å²) in [6, 6.07) is 3.61.